The van der Waals surface area contributed by atoms with Crippen LogP contribution in [0.25, 0.3) is 0 Å². The number of amides is 3. The quantitative estimate of drug-likeness (QED) is 0.103. The molecule has 188 valence electrons. The first kappa shape index (κ1) is 30.1. The van der Waals surface area contributed by atoms with Gasteiger partial charge in [-0.3, -0.25) is 24.0 Å². The number of hydrogen-bond acceptors (Lipinski definition) is 9. The van der Waals surface area contributed by atoms with Gasteiger partial charge in [0.1, 0.15) is 18.1 Å². The third kappa shape index (κ3) is 12.6. The molecule has 0 heterocycles. The molecular formula is C18H30N4O10S. The Morgan fingerprint density at radius 3 is 1.55 bits per heavy atom. The van der Waals surface area contributed by atoms with E-state index in [1.165, 1.54) is 11.8 Å². The van der Waals surface area contributed by atoms with E-state index in [-0.39, 0.29) is 6.42 Å². The van der Waals surface area contributed by atoms with E-state index in [0.717, 1.165) is 0 Å². The lowest BCUT2D eigenvalue weighted by molar-refractivity contribution is -0.144. The minimum atomic E-state index is -1.70. The van der Waals surface area contributed by atoms with Gasteiger partial charge in [0.25, 0.3) is 0 Å². The molecule has 0 aliphatic rings. The number of carboxylic acid groups (broad SMARTS) is 3. The minimum absolute atomic E-state index is 0.293. The molecule has 0 aromatic carbocycles. The Hall–Kier alpha value is -2.91. The zero-order valence-electron chi connectivity index (χ0n) is 18.0. The number of thioether (sulfide) groups is 1. The molecule has 14 nitrogen and oxygen atoms in total. The van der Waals surface area contributed by atoms with Crippen LogP contribution in [0.5, 0.6) is 0 Å². The van der Waals surface area contributed by atoms with Crippen LogP contribution in [0.15, 0.2) is 0 Å². The van der Waals surface area contributed by atoms with Crippen molar-refractivity contribution in [3.63, 3.8) is 0 Å². The standard InChI is InChI=1S/C18H30N4O10S/c1-33-7-6-9(19)15(28)20-10(2-4-13(24)25)16(29)21-11(3-5-14(26)27)17(30)22-12(8-23)18(31)32/h9-12,23H,2-8,19H2,1H3,(H,20,28)(H,21,29)(H,22,30)(H,24,25)(H,26,27)(H,31,32). The number of nitrogens with one attached hydrogen (secondary N) is 3. The van der Waals surface area contributed by atoms with Gasteiger partial charge in [-0.25, -0.2) is 4.79 Å². The minimum Gasteiger partial charge on any atom is -0.481 e. The summed E-state index contributed by atoms with van der Waals surface area (Å²) in [5.41, 5.74) is 5.75. The first-order valence-electron chi connectivity index (χ1n) is 9.85. The second-order valence-corrected chi connectivity index (χ2v) is 7.94. The number of aliphatic carboxylic acids is 3. The van der Waals surface area contributed by atoms with Crippen LogP contribution in [0, 0.1) is 0 Å². The Bertz CT molecular complexity index is 720. The lowest BCUT2D eigenvalue weighted by atomic mass is 10.1. The van der Waals surface area contributed by atoms with E-state index in [4.69, 9.17) is 26.2 Å². The van der Waals surface area contributed by atoms with Gasteiger partial charge in [0.2, 0.25) is 17.7 Å². The number of rotatable bonds is 17. The molecule has 0 rings (SSSR count). The molecule has 0 aromatic rings. The van der Waals surface area contributed by atoms with Gasteiger partial charge in [0.05, 0.1) is 12.6 Å². The maximum Gasteiger partial charge on any atom is 0.328 e. The third-order valence-corrected chi connectivity index (χ3v) is 4.97. The lowest BCUT2D eigenvalue weighted by Crippen LogP contribution is -2.57. The predicted octanol–water partition coefficient (Wildman–Crippen LogP) is -2.67. The fourth-order valence-electron chi connectivity index (χ4n) is 2.46. The molecule has 9 N–H and O–H groups in total. The van der Waals surface area contributed by atoms with Gasteiger partial charge in [-0.15, -0.1) is 0 Å². The number of aliphatic hydroxyl groups is 1. The molecule has 0 bridgehead atoms. The highest BCUT2D eigenvalue weighted by Gasteiger charge is 2.30. The van der Waals surface area contributed by atoms with Crippen LogP contribution < -0.4 is 21.7 Å². The van der Waals surface area contributed by atoms with Crippen molar-refractivity contribution in [2.45, 2.75) is 56.3 Å². The summed E-state index contributed by atoms with van der Waals surface area (Å²) in [7, 11) is 0. The average molecular weight is 495 g/mol. The van der Waals surface area contributed by atoms with E-state index >= 15 is 0 Å². The number of aliphatic hydroxyl groups excluding tert-OH is 1. The number of carbonyl (C=O) groups is 6. The van der Waals surface area contributed by atoms with Crippen molar-refractivity contribution in [1.29, 1.82) is 0 Å². The highest BCUT2D eigenvalue weighted by molar-refractivity contribution is 7.98. The van der Waals surface area contributed by atoms with Crippen LogP contribution in [-0.4, -0.2) is 98.8 Å². The molecule has 0 aliphatic heterocycles. The van der Waals surface area contributed by atoms with Crippen molar-refractivity contribution >= 4 is 47.4 Å². The molecular weight excluding hydrogens is 464 g/mol. The maximum atomic E-state index is 12.7. The van der Waals surface area contributed by atoms with E-state index in [0.29, 0.717) is 12.2 Å². The maximum absolute atomic E-state index is 12.7. The molecule has 0 aliphatic carbocycles. The lowest BCUT2D eigenvalue weighted by Gasteiger charge is -2.24. The Morgan fingerprint density at radius 2 is 1.18 bits per heavy atom. The number of carboxylic acids is 3. The largest absolute Gasteiger partial charge is 0.481 e. The van der Waals surface area contributed by atoms with Gasteiger partial charge >= 0.3 is 17.9 Å². The topological polar surface area (TPSA) is 245 Å². The summed E-state index contributed by atoms with van der Waals surface area (Å²) in [5.74, 6) is -6.31. The molecule has 33 heavy (non-hydrogen) atoms. The Balaban J connectivity index is 5.49. The average Bonchev–Trinajstić information content (AvgIpc) is 2.74. The van der Waals surface area contributed by atoms with Gasteiger partial charge < -0.3 is 42.1 Å². The van der Waals surface area contributed by atoms with Crippen molar-refractivity contribution in [3.05, 3.63) is 0 Å². The van der Waals surface area contributed by atoms with Gasteiger partial charge in [-0.1, -0.05) is 0 Å². The van der Waals surface area contributed by atoms with Crippen molar-refractivity contribution in [2.75, 3.05) is 18.6 Å². The van der Waals surface area contributed by atoms with E-state index in [2.05, 4.69) is 10.6 Å². The molecule has 0 saturated heterocycles. The zero-order chi connectivity index (χ0) is 25.6. The van der Waals surface area contributed by atoms with Crippen LogP contribution in [0.3, 0.4) is 0 Å². The summed E-state index contributed by atoms with van der Waals surface area (Å²) >= 11 is 1.45. The summed E-state index contributed by atoms with van der Waals surface area (Å²) in [6, 6.07) is -5.60. The van der Waals surface area contributed by atoms with E-state index in [1.807, 2.05) is 11.6 Å². The Kier molecular flexibility index (Phi) is 14.4. The Morgan fingerprint density at radius 1 is 0.758 bits per heavy atom. The molecule has 0 aromatic heterocycles. The van der Waals surface area contributed by atoms with Gasteiger partial charge in [0, 0.05) is 12.8 Å². The second kappa shape index (κ2) is 15.8. The van der Waals surface area contributed by atoms with Crippen molar-refractivity contribution in [1.82, 2.24) is 16.0 Å². The molecule has 0 radical (unpaired) electrons. The number of carbonyl (C=O) groups excluding carboxylic acids is 3. The second-order valence-electron chi connectivity index (χ2n) is 6.96. The monoisotopic (exact) mass is 494 g/mol. The first-order valence-corrected chi connectivity index (χ1v) is 11.2. The molecule has 0 spiro atoms. The highest BCUT2D eigenvalue weighted by Crippen LogP contribution is 2.05. The first-order chi connectivity index (χ1) is 15.4. The smallest absolute Gasteiger partial charge is 0.328 e. The van der Waals surface area contributed by atoms with E-state index in [1.54, 1.807) is 0 Å². The fraction of sp³-hybridized carbons (Fsp3) is 0.667. The van der Waals surface area contributed by atoms with E-state index < -0.39 is 85.7 Å². The van der Waals surface area contributed by atoms with Crippen molar-refractivity contribution in [3.8, 4) is 0 Å². The predicted molar refractivity (Wildman–Crippen MR) is 115 cm³/mol. The van der Waals surface area contributed by atoms with Crippen LogP contribution in [0.1, 0.15) is 32.1 Å². The number of nitrogens with two attached hydrogens (primary N) is 1. The summed E-state index contributed by atoms with van der Waals surface area (Å²) in [4.78, 5) is 70.3. The van der Waals surface area contributed by atoms with Crippen LogP contribution >= 0.6 is 11.8 Å². The molecule has 4 atom stereocenters. The number of hydrogen-bond donors (Lipinski definition) is 8. The van der Waals surface area contributed by atoms with Crippen molar-refractivity contribution < 1.29 is 49.2 Å². The highest BCUT2D eigenvalue weighted by atomic mass is 32.2. The summed E-state index contributed by atoms with van der Waals surface area (Å²) in [6.07, 6.45) is 0.252. The van der Waals surface area contributed by atoms with Crippen LogP contribution in [0.4, 0.5) is 0 Å². The molecule has 4 unspecified atom stereocenters. The normalized spacial score (nSPS) is 14.3. The van der Waals surface area contributed by atoms with Gasteiger partial charge in [-0.05, 0) is 31.3 Å². The zero-order valence-corrected chi connectivity index (χ0v) is 18.8. The SMILES string of the molecule is CSCCC(N)C(=O)NC(CCC(=O)O)C(=O)NC(CCC(=O)O)C(=O)NC(CO)C(=O)O. The van der Waals surface area contributed by atoms with Crippen molar-refractivity contribution in [2.24, 2.45) is 5.73 Å². The van der Waals surface area contributed by atoms with E-state index in [9.17, 15) is 28.8 Å². The molecule has 0 saturated carbocycles. The third-order valence-electron chi connectivity index (χ3n) is 4.33. The van der Waals surface area contributed by atoms with Gasteiger partial charge in [-0.2, -0.15) is 11.8 Å². The van der Waals surface area contributed by atoms with Gasteiger partial charge in [0.15, 0.2) is 0 Å². The molecule has 3 amide bonds. The fourth-order valence-corrected chi connectivity index (χ4v) is 2.95. The molecule has 15 heteroatoms. The Labute approximate surface area is 193 Å². The summed E-state index contributed by atoms with van der Waals surface area (Å²) in [5, 5.41) is 42.3. The van der Waals surface area contributed by atoms with Crippen LogP contribution in [-0.2, 0) is 28.8 Å². The molecule has 0 fully saturated rings. The summed E-state index contributed by atoms with van der Waals surface area (Å²) < 4.78 is 0. The summed E-state index contributed by atoms with van der Waals surface area (Å²) in [6.45, 7) is -0.952. The van der Waals surface area contributed by atoms with Crippen LogP contribution in [0.2, 0.25) is 0 Å².